The number of fused-ring (bicyclic) bond motifs is 1. The van der Waals surface area contributed by atoms with Gasteiger partial charge < -0.3 is 30.9 Å². The highest BCUT2D eigenvalue weighted by molar-refractivity contribution is 5.81. The van der Waals surface area contributed by atoms with Crippen LogP contribution in [-0.2, 0) is 10.6 Å². The molecule has 108 valence electrons. The molecule has 10 heteroatoms. The third-order valence-corrected chi connectivity index (χ3v) is 3.30. The molecule has 1 aliphatic rings. The van der Waals surface area contributed by atoms with Crippen LogP contribution in [0.4, 0.5) is 5.82 Å². The van der Waals surface area contributed by atoms with E-state index in [2.05, 4.69) is 15.0 Å². The Morgan fingerprint density at radius 2 is 2.10 bits per heavy atom. The quantitative estimate of drug-likeness (QED) is 0.390. The molecule has 0 saturated carbocycles. The van der Waals surface area contributed by atoms with E-state index in [9.17, 15) is 15.3 Å². The van der Waals surface area contributed by atoms with E-state index in [-0.39, 0.29) is 17.0 Å². The number of hydrogen-bond donors (Lipinski definition) is 5. The molecule has 2 aromatic rings. The number of imidazole rings is 1. The van der Waals surface area contributed by atoms with E-state index in [4.69, 9.17) is 15.6 Å². The predicted molar refractivity (Wildman–Crippen MR) is 63.9 cm³/mol. The van der Waals surface area contributed by atoms with E-state index in [1.807, 2.05) is 0 Å². The van der Waals surface area contributed by atoms with Gasteiger partial charge in [-0.2, -0.15) is 0 Å². The second kappa shape index (κ2) is 4.33. The molecule has 0 aromatic carbocycles. The molecule has 3 heterocycles. The van der Waals surface area contributed by atoms with Gasteiger partial charge in [0.2, 0.25) is 0 Å². The number of ether oxygens (including phenoxy) is 1. The maximum atomic E-state index is 10.5. The molecule has 10 nitrogen and oxygen atoms in total. The molecule has 0 aliphatic carbocycles. The molecular weight excluding hydrogens is 270 g/mol. The first kappa shape index (κ1) is 13.1. The molecule has 1 fully saturated rings. The molecule has 0 amide bonds. The molecule has 20 heavy (non-hydrogen) atoms. The first-order valence-electron chi connectivity index (χ1n) is 5.80. The van der Waals surface area contributed by atoms with E-state index >= 15 is 0 Å². The number of anilines is 1. The Kier molecular flexibility index (Phi) is 2.84. The van der Waals surface area contributed by atoms with E-state index < -0.39 is 30.8 Å². The van der Waals surface area contributed by atoms with Crippen molar-refractivity contribution in [3.63, 3.8) is 0 Å². The number of aromatic nitrogens is 4. The lowest BCUT2D eigenvalue weighted by Gasteiger charge is -2.27. The zero-order chi connectivity index (χ0) is 14.5. The summed E-state index contributed by atoms with van der Waals surface area (Å²) < 4.78 is 6.17. The van der Waals surface area contributed by atoms with Crippen molar-refractivity contribution < 1.29 is 25.2 Å². The van der Waals surface area contributed by atoms with E-state index in [1.165, 1.54) is 6.33 Å². The van der Waals surface area contributed by atoms with Crippen LogP contribution in [0.25, 0.3) is 11.2 Å². The fourth-order valence-electron chi connectivity index (χ4n) is 2.22. The molecule has 0 spiro atoms. The molecule has 6 N–H and O–H groups in total. The summed E-state index contributed by atoms with van der Waals surface area (Å²) in [5.74, 6) is -2.20. The fourth-order valence-corrected chi connectivity index (χ4v) is 2.22. The van der Waals surface area contributed by atoms with Crippen LogP contribution in [0.1, 0.15) is 0 Å². The summed E-state index contributed by atoms with van der Waals surface area (Å²) >= 11 is 0. The van der Waals surface area contributed by atoms with Crippen LogP contribution < -0.4 is 5.73 Å². The number of rotatable bonds is 2. The van der Waals surface area contributed by atoms with Gasteiger partial charge in [0.1, 0.15) is 30.4 Å². The third-order valence-electron chi connectivity index (χ3n) is 3.30. The molecule has 0 bridgehead atoms. The first-order valence-corrected chi connectivity index (χ1v) is 5.80. The van der Waals surface area contributed by atoms with Crippen LogP contribution in [0.2, 0.25) is 0 Å². The lowest BCUT2D eigenvalue weighted by atomic mass is 10.1. The van der Waals surface area contributed by atoms with Crippen molar-refractivity contribution in [1.29, 1.82) is 0 Å². The minimum absolute atomic E-state index is 0.101. The summed E-state index contributed by atoms with van der Waals surface area (Å²) in [6.07, 6.45) is -1.95. The maximum absolute atomic E-state index is 10.5. The van der Waals surface area contributed by atoms with Gasteiger partial charge in [-0.3, -0.25) is 4.57 Å². The third kappa shape index (κ3) is 1.60. The van der Waals surface area contributed by atoms with Crippen LogP contribution in [0, 0.1) is 0 Å². The Balaban J connectivity index is 2.13. The molecular formula is C10H13N5O5. The molecule has 1 aliphatic heterocycles. The van der Waals surface area contributed by atoms with E-state index in [0.717, 1.165) is 10.9 Å². The van der Waals surface area contributed by atoms with Crippen molar-refractivity contribution >= 4 is 17.0 Å². The van der Waals surface area contributed by atoms with Crippen LogP contribution in [0.5, 0.6) is 0 Å². The summed E-state index contributed by atoms with van der Waals surface area (Å²) in [6, 6.07) is 0. The lowest BCUT2D eigenvalue weighted by molar-refractivity contribution is -0.287. The fraction of sp³-hybridized carbons (Fsp3) is 0.500. The Labute approximate surface area is 112 Å². The van der Waals surface area contributed by atoms with Crippen molar-refractivity contribution in [1.82, 2.24) is 19.5 Å². The van der Waals surface area contributed by atoms with Crippen LogP contribution in [0.15, 0.2) is 12.7 Å². The van der Waals surface area contributed by atoms with Crippen molar-refractivity contribution in [3.8, 4) is 0 Å². The summed E-state index contributed by atoms with van der Waals surface area (Å²) in [6.45, 7) is -0.565. The van der Waals surface area contributed by atoms with Gasteiger partial charge in [0.05, 0.1) is 6.61 Å². The van der Waals surface area contributed by atoms with Gasteiger partial charge in [-0.25, -0.2) is 15.0 Å². The smallest absolute Gasteiger partial charge is 0.286 e. The number of aliphatic hydroxyl groups is 4. The lowest BCUT2D eigenvalue weighted by Crippen LogP contribution is -2.45. The normalized spacial score (nSPS) is 33.9. The number of nitrogens with two attached hydrogens (primary N) is 1. The Morgan fingerprint density at radius 1 is 1.35 bits per heavy atom. The molecule has 3 rings (SSSR count). The minimum Gasteiger partial charge on any atom is -0.394 e. The van der Waals surface area contributed by atoms with Crippen LogP contribution >= 0.6 is 0 Å². The highest BCUT2D eigenvalue weighted by atomic mass is 16.7. The molecule has 0 unspecified atom stereocenters. The average Bonchev–Trinajstić information content (AvgIpc) is 2.96. The number of hydrogen-bond acceptors (Lipinski definition) is 9. The average molecular weight is 283 g/mol. The molecule has 4 atom stereocenters. The summed E-state index contributed by atoms with van der Waals surface area (Å²) in [5.41, 5.74) is 5.98. The van der Waals surface area contributed by atoms with Crippen molar-refractivity contribution in [2.75, 3.05) is 12.3 Å². The van der Waals surface area contributed by atoms with Gasteiger partial charge in [0.25, 0.3) is 5.91 Å². The largest absolute Gasteiger partial charge is 0.394 e. The van der Waals surface area contributed by atoms with Crippen LogP contribution in [-0.4, -0.2) is 64.9 Å². The zero-order valence-electron chi connectivity index (χ0n) is 10.2. The predicted octanol–water partition coefficient (Wildman–Crippen LogP) is -2.88. The van der Waals surface area contributed by atoms with Gasteiger partial charge in [-0.15, -0.1) is 0 Å². The van der Waals surface area contributed by atoms with Gasteiger partial charge >= 0.3 is 0 Å². The van der Waals surface area contributed by atoms with Crippen molar-refractivity contribution in [3.05, 3.63) is 12.7 Å². The summed E-state index contributed by atoms with van der Waals surface area (Å²) in [5, 5.41) is 39.2. The monoisotopic (exact) mass is 283 g/mol. The van der Waals surface area contributed by atoms with E-state index in [1.54, 1.807) is 0 Å². The molecule has 2 aromatic heterocycles. The number of nitrogens with zero attached hydrogens (tertiary/aromatic N) is 4. The van der Waals surface area contributed by atoms with Crippen molar-refractivity contribution in [2.24, 2.45) is 0 Å². The Morgan fingerprint density at radius 3 is 2.75 bits per heavy atom. The number of nitrogen functional groups attached to an aromatic ring is 1. The van der Waals surface area contributed by atoms with Gasteiger partial charge in [0, 0.05) is 0 Å². The van der Waals surface area contributed by atoms with E-state index in [0.29, 0.717) is 0 Å². The highest BCUT2D eigenvalue weighted by Crippen LogP contribution is 2.35. The number of aliphatic hydroxyl groups excluding tert-OH is 3. The maximum Gasteiger partial charge on any atom is 0.286 e. The Hall–Kier alpha value is -1.85. The zero-order valence-corrected chi connectivity index (χ0v) is 10.2. The second-order valence-corrected chi connectivity index (χ2v) is 4.48. The van der Waals surface area contributed by atoms with Gasteiger partial charge in [-0.05, 0) is 0 Å². The van der Waals surface area contributed by atoms with Gasteiger partial charge in [0.15, 0.2) is 17.6 Å². The highest BCUT2D eigenvalue weighted by Gasteiger charge is 2.55. The molecule has 0 radical (unpaired) electrons. The second-order valence-electron chi connectivity index (χ2n) is 4.48. The Bertz CT molecular complexity index is 648. The SMILES string of the molecule is Nc1ncnc2c1ncn2[C@]1(O)O[C@@H](CO)[C@H](O)[C@@H]1O. The van der Waals surface area contributed by atoms with Crippen molar-refractivity contribution in [2.45, 2.75) is 24.2 Å². The van der Waals surface area contributed by atoms with Gasteiger partial charge in [-0.1, -0.05) is 0 Å². The standard InChI is InChI=1S/C10H13N5O5/c11-8-5-9(13-2-12-8)15(3-14-5)10(19)7(18)6(17)4(1-16)20-10/h2-4,6-7,16-19H,1H2,(H2,11,12,13)/t4-,6-,7-,10+/m0/s1. The topological polar surface area (TPSA) is 160 Å². The summed E-state index contributed by atoms with van der Waals surface area (Å²) in [4.78, 5) is 11.6. The summed E-state index contributed by atoms with van der Waals surface area (Å²) in [7, 11) is 0. The minimum atomic E-state index is -2.30. The molecule has 1 saturated heterocycles. The van der Waals surface area contributed by atoms with Crippen LogP contribution in [0.3, 0.4) is 0 Å². The first-order chi connectivity index (χ1) is 9.49.